The van der Waals surface area contributed by atoms with Gasteiger partial charge in [0.2, 0.25) is 0 Å². The van der Waals surface area contributed by atoms with E-state index in [1.54, 1.807) is 0 Å². The maximum absolute atomic E-state index is 6.22. The molecular formula is C20H33IN4O2. The van der Waals surface area contributed by atoms with Crippen molar-refractivity contribution in [2.45, 2.75) is 26.3 Å². The summed E-state index contributed by atoms with van der Waals surface area (Å²) in [5, 5.41) is 0. The highest BCUT2D eigenvalue weighted by molar-refractivity contribution is 14.0. The molecule has 1 aromatic carbocycles. The summed E-state index contributed by atoms with van der Waals surface area (Å²) in [6.45, 7) is 10.1. The van der Waals surface area contributed by atoms with Gasteiger partial charge in [0.05, 0.1) is 19.8 Å². The van der Waals surface area contributed by atoms with Gasteiger partial charge in [-0.2, -0.15) is 0 Å². The van der Waals surface area contributed by atoms with Crippen molar-refractivity contribution in [2.75, 3.05) is 52.5 Å². The van der Waals surface area contributed by atoms with E-state index in [9.17, 15) is 0 Å². The fourth-order valence-corrected chi connectivity index (χ4v) is 3.55. The number of likely N-dealkylation sites (tertiary alicyclic amines) is 1. The normalized spacial score (nSPS) is 21.6. The molecular weight excluding hydrogens is 455 g/mol. The number of piperidine rings is 1. The van der Waals surface area contributed by atoms with Crippen LogP contribution in [-0.4, -0.2) is 68.3 Å². The first-order chi connectivity index (χ1) is 12.7. The molecule has 7 heteroatoms. The van der Waals surface area contributed by atoms with Crippen molar-refractivity contribution >= 4 is 29.9 Å². The van der Waals surface area contributed by atoms with Gasteiger partial charge in [0.1, 0.15) is 12.4 Å². The van der Waals surface area contributed by atoms with Gasteiger partial charge < -0.3 is 20.1 Å². The van der Waals surface area contributed by atoms with Crippen LogP contribution in [0.5, 0.6) is 5.75 Å². The molecule has 0 spiro atoms. The molecule has 2 aliphatic heterocycles. The highest BCUT2D eigenvalue weighted by atomic mass is 127. The molecule has 2 aliphatic rings. The van der Waals surface area contributed by atoms with E-state index in [4.69, 9.17) is 15.2 Å². The van der Waals surface area contributed by atoms with E-state index in [-0.39, 0.29) is 24.0 Å². The summed E-state index contributed by atoms with van der Waals surface area (Å²) in [5.41, 5.74) is 7.31. The van der Waals surface area contributed by atoms with E-state index in [0.29, 0.717) is 25.0 Å². The lowest BCUT2D eigenvalue weighted by atomic mass is 10.0. The zero-order valence-electron chi connectivity index (χ0n) is 16.3. The Morgan fingerprint density at radius 1 is 1.26 bits per heavy atom. The van der Waals surface area contributed by atoms with E-state index in [1.165, 1.54) is 12.8 Å². The Hall–Kier alpha value is -1.06. The van der Waals surface area contributed by atoms with Gasteiger partial charge in [-0.3, -0.25) is 4.90 Å². The van der Waals surface area contributed by atoms with Crippen LogP contribution < -0.4 is 10.5 Å². The van der Waals surface area contributed by atoms with Crippen LogP contribution in [-0.2, 0) is 11.3 Å². The molecule has 2 saturated heterocycles. The van der Waals surface area contributed by atoms with Crippen molar-refractivity contribution in [3.05, 3.63) is 29.8 Å². The largest absolute Gasteiger partial charge is 0.492 e. The summed E-state index contributed by atoms with van der Waals surface area (Å²) in [7, 11) is 0. The standard InChI is InChI=1S/C20H32N4O2.HI/c1-17-5-4-8-24(16-17)20(21)22-15-18-6-2-3-7-19(18)26-14-11-23-9-12-25-13-10-23;/h2-3,6-7,17H,4-5,8-16H2,1H3,(H2,21,22);1H. The van der Waals surface area contributed by atoms with Gasteiger partial charge in [-0.1, -0.05) is 25.1 Å². The number of ether oxygens (including phenoxy) is 2. The van der Waals surface area contributed by atoms with Crippen molar-refractivity contribution in [3.8, 4) is 5.75 Å². The number of halogens is 1. The smallest absolute Gasteiger partial charge is 0.191 e. The Kier molecular flexibility index (Phi) is 9.64. The van der Waals surface area contributed by atoms with Crippen molar-refractivity contribution in [2.24, 2.45) is 16.6 Å². The van der Waals surface area contributed by atoms with Gasteiger partial charge in [-0.25, -0.2) is 4.99 Å². The zero-order valence-corrected chi connectivity index (χ0v) is 18.6. The first kappa shape index (κ1) is 22.2. The van der Waals surface area contributed by atoms with Crippen LogP contribution in [0.2, 0.25) is 0 Å². The minimum absolute atomic E-state index is 0. The molecule has 0 bridgehead atoms. The lowest BCUT2D eigenvalue weighted by Crippen LogP contribution is -2.43. The molecule has 0 aromatic heterocycles. The molecule has 2 fully saturated rings. The average Bonchev–Trinajstić information content (AvgIpc) is 2.68. The number of morpholine rings is 1. The van der Waals surface area contributed by atoms with E-state index in [2.05, 4.69) is 27.8 Å². The highest BCUT2D eigenvalue weighted by Gasteiger charge is 2.17. The fourth-order valence-electron chi connectivity index (χ4n) is 3.55. The third-order valence-corrected chi connectivity index (χ3v) is 5.13. The maximum atomic E-state index is 6.22. The quantitative estimate of drug-likeness (QED) is 0.379. The van der Waals surface area contributed by atoms with Crippen LogP contribution in [0, 0.1) is 5.92 Å². The summed E-state index contributed by atoms with van der Waals surface area (Å²) < 4.78 is 11.4. The van der Waals surface area contributed by atoms with Gasteiger partial charge in [-0.15, -0.1) is 24.0 Å². The SMILES string of the molecule is CC1CCCN(C(N)=NCc2ccccc2OCCN2CCOCC2)C1.I. The van der Waals surface area contributed by atoms with Gasteiger partial charge in [0.15, 0.2) is 5.96 Å². The molecule has 0 amide bonds. The van der Waals surface area contributed by atoms with Gasteiger partial charge in [0, 0.05) is 38.3 Å². The summed E-state index contributed by atoms with van der Waals surface area (Å²) in [6, 6.07) is 8.12. The summed E-state index contributed by atoms with van der Waals surface area (Å²) >= 11 is 0. The lowest BCUT2D eigenvalue weighted by Gasteiger charge is -2.31. The average molecular weight is 488 g/mol. The molecule has 0 radical (unpaired) electrons. The second-order valence-electron chi connectivity index (χ2n) is 7.28. The number of rotatable bonds is 6. The maximum Gasteiger partial charge on any atom is 0.191 e. The topological polar surface area (TPSA) is 63.3 Å². The van der Waals surface area contributed by atoms with Crippen LogP contribution in [0.4, 0.5) is 0 Å². The van der Waals surface area contributed by atoms with Crippen molar-refractivity contribution in [1.82, 2.24) is 9.80 Å². The second-order valence-corrected chi connectivity index (χ2v) is 7.28. The van der Waals surface area contributed by atoms with Gasteiger partial charge in [0.25, 0.3) is 0 Å². The number of para-hydroxylation sites is 1. The Morgan fingerprint density at radius 2 is 2.04 bits per heavy atom. The van der Waals surface area contributed by atoms with Crippen LogP contribution >= 0.6 is 24.0 Å². The minimum atomic E-state index is 0. The zero-order chi connectivity index (χ0) is 18.2. The molecule has 0 aliphatic carbocycles. The minimum Gasteiger partial charge on any atom is -0.492 e. The number of benzene rings is 1. The van der Waals surface area contributed by atoms with Crippen molar-refractivity contribution in [1.29, 1.82) is 0 Å². The summed E-state index contributed by atoms with van der Waals surface area (Å²) in [5.74, 6) is 2.25. The number of guanidine groups is 1. The van der Waals surface area contributed by atoms with Crippen LogP contribution in [0.3, 0.4) is 0 Å². The number of aliphatic imine (C=N–C) groups is 1. The first-order valence-electron chi connectivity index (χ1n) is 9.78. The van der Waals surface area contributed by atoms with E-state index in [0.717, 1.165) is 57.3 Å². The van der Waals surface area contributed by atoms with Crippen LogP contribution in [0.25, 0.3) is 0 Å². The molecule has 3 rings (SSSR count). The fraction of sp³-hybridized carbons (Fsp3) is 0.650. The molecule has 1 aromatic rings. The second kappa shape index (κ2) is 11.7. The van der Waals surface area contributed by atoms with Crippen LogP contribution in [0.15, 0.2) is 29.3 Å². The Morgan fingerprint density at radius 3 is 2.81 bits per heavy atom. The Bertz CT molecular complexity index is 593. The number of hydrogen-bond donors (Lipinski definition) is 1. The predicted molar refractivity (Wildman–Crippen MR) is 120 cm³/mol. The van der Waals surface area contributed by atoms with Crippen molar-refractivity contribution in [3.63, 3.8) is 0 Å². The monoisotopic (exact) mass is 488 g/mol. The molecule has 1 unspecified atom stereocenters. The Labute approximate surface area is 180 Å². The number of nitrogens with two attached hydrogens (primary N) is 1. The lowest BCUT2D eigenvalue weighted by molar-refractivity contribution is 0.0322. The predicted octanol–water partition coefficient (Wildman–Crippen LogP) is 2.56. The van der Waals surface area contributed by atoms with Crippen LogP contribution in [0.1, 0.15) is 25.3 Å². The van der Waals surface area contributed by atoms with E-state index in [1.807, 2.05) is 18.2 Å². The van der Waals surface area contributed by atoms with E-state index < -0.39 is 0 Å². The molecule has 2 N–H and O–H groups in total. The van der Waals surface area contributed by atoms with Crippen molar-refractivity contribution < 1.29 is 9.47 Å². The molecule has 152 valence electrons. The molecule has 27 heavy (non-hydrogen) atoms. The number of nitrogens with zero attached hydrogens (tertiary/aromatic N) is 3. The molecule has 1 atom stereocenters. The third-order valence-electron chi connectivity index (χ3n) is 5.13. The summed E-state index contributed by atoms with van der Waals surface area (Å²) in [4.78, 5) is 9.20. The molecule has 2 heterocycles. The third kappa shape index (κ3) is 7.12. The van der Waals surface area contributed by atoms with Gasteiger partial charge >= 0.3 is 0 Å². The van der Waals surface area contributed by atoms with Gasteiger partial charge in [-0.05, 0) is 24.8 Å². The number of hydrogen-bond acceptors (Lipinski definition) is 4. The first-order valence-corrected chi connectivity index (χ1v) is 9.78. The van der Waals surface area contributed by atoms with E-state index >= 15 is 0 Å². The molecule has 6 nitrogen and oxygen atoms in total. The summed E-state index contributed by atoms with van der Waals surface area (Å²) in [6.07, 6.45) is 2.47. The highest BCUT2D eigenvalue weighted by Crippen LogP contribution is 2.20. The molecule has 0 saturated carbocycles. The Balaban J connectivity index is 0.00000261.